The molecule has 0 unspecified atom stereocenters. The minimum Gasteiger partial charge on any atom is -0.477 e. The molecule has 0 spiro atoms. The molecule has 0 saturated heterocycles. The summed E-state index contributed by atoms with van der Waals surface area (Å²) in [7, 11) is 0. The number of nitrogens with one attached hydrogen (secondary N) is 1. The second-order valence-electron chi connectivity index (χ2n) is 2.62. The van der Waals surface area contributed by atoms with Gasteiger partial charge >= 0.3 is 0 Å². The Bertz CT molecular complexity index is 299. The normalized spacial score (nSPS) is 9.62. The minimum absolute atomic E-state index is 0.0146. The first-order valence-corrected chi connectivity index (χ1v) is 4.18. The van der Waals surface area contributed by atoms with Crippen molar-refractivity contribution in [2.75, 3.05) is 6.61 Å². The third kappa shape index (κ3) is 2.43. The van der Waals surface area contributed by atoms with Crippen molar-refractivity contribution in [1.29, 1.82) is 5.41 Å². The van der Waals surface area contributed by atoms with Gasteiger partial charge < -0.3 is 10.5 Å². The molecule has 0 aliphatic heterocycles. The molecule has 0 bridgehead atoms. The van der Waals surface area contributed by atoms with Gasteiger partial charge in [-0.25, -0.2) is 4.98 Å². The number of rotatable bonds is 4. The third-order valence-electron chi connectivity index (χ3n) is 1.50. The molecule has 0 aliphatic rings. The van der Waals surface area contributed by atoms with E-state index in [-0.39, 0.29) is 5.84 Å². The van der Waals surface area contributed by atoms with Gasteiger partial charge in [0.15, 0.2) is 0 Å². The van der Waals surface area contributed by atoms with Crippen LogP contribution in [-0.4, -0.2) is 17.4 Å². The maximum Gasteiger partial charge on any atom is 0.224 e. The average molecular weight is 179 g/mol. The lowest BCUT2D eigenvalue weighted by atomic mass is 10.2. The van der Waals surface area contributed by atoms with Crippen molar-refractivity contribution < 1.29 is 4.74 Å². The second kappa shape index (κ2) is 4.45. The lowest BCUT2D eigenvalue weighted by Gasteiger charge is -2.07. The summed E-state index contributed by atoms with van der Waals surface area (Å²) in [6.45, 7) is 2.60. The van der Waals surface area contributed by atoms with Crippen LogP contribution in [0.3, 0.4) is 0 Å². The SMILES string of the molecule is CCCOc1ncccc1C(=N)N. The van der Waals surface area contributed by atoms with Gasteiger partial charge in [0.25, 0.3) is 0 Å². The molecule has 4 heteroatoms. The Labute approximate surface area is 77.2 Å². The first-order valence-electron chi connectivity index (χ1n) is 4.18. The molecule has 0 saturated carbocycles. The van der Waals surface area contributed by atoms with Crippen LogP contribution >= 0.6 is 0 Å². The molecule has 0 aliphatic carbocycles. The summed E-state index contributed by atoms with van der Waals surface area (Å²) in [6, 6.07) is 3.45. The Kier molecular flexibility index (Phi) is 3.25. The molecule has 0 atom stereocenters. The summed E-state index contributed by atoms with van der Waals surface area (Å²) in [5.74, 6) is 0.427. The number of pyridine rings is 1. The summed E-state index contributed by atoms with van der Waals surface area (Å²) in [4.78, 5) is 3.99. The molecule has 13 heavy (non-hydrogen) atoms. The van der Waals surface area contributed by atoms with Gasteiger partial charge in [-0.3, -0.25) is 5.41 Å². The maximum absolute atomic E-state index is 7.27. The van der Waals surface area contributed by atoms with Crippen LogP contribution in [0.2, 0.25) is 0 Å². The van der Waals surface area contributed by atoms with Gasteiger partial charge in [0.05, 0.1) is 12.2 Å². The molecular weight excluding hydrogens is 166 g/mol. The number of nitrogen functional groups attached to an aromatic ring is 1. The number of aromatic nitrogens is 1. The number of nitrogens with zero attached hydrogens (tertiary/aromatic N) is 1. The summed E-state index contributed by atoms with van der Waals surface area (Å²) < 4.78 is 5.32. The van der Waals surface area contributed by atoms with Crippen LogP contribution in [0.25, 0.3) is 0 Å². The Balaban J connectivity index is 2.84. The summed E-state index contributed by atoms with van der Waals surface area (Å²) >= 11 is 0. The number of amidine groups is 1. The molecule has 0 radical (unpaired) electrons. The standard InChI is InChI=1S/C9H13N3O/c1-2-6-13-9-7(8(10)11)4-3-5-12-9/h3-5H,2,6H2,1H3,(H3,10,11). The zero-order chi connectivity index (χ0) is 9.68. The van der Waals surface area contributed by atoms with Gasteiger partial charge in [-0.1, -0.05) is 6.92 Å². The molecule has 0 amide bonds. The van der Waals surface area contributed by atoms with Gasteiger partial charge in [-0.15, -0.1) is 0 Å². The Morgan fingerprint density at radius 2 is 2.46 bits per heavy atom. The monoisotopic (exact) mass is 179 g/mol. The molecule has 3 N–H and O–H groups in total. The van der Waals surface area contributed by atoms with Crippen molar-refractivity contribution >= 4 is 5.84 Å². The van der Waals surface area contributed by atoms with Crippen LogP contribution in [0, 0.1) is 5.41 Å². The van der Waals surface area contributed by atoms with E-state index in [1.54, 1.807) is 18.3 Å². The summed E-state index contributed by atoms with van der Waals surface area (Å²) in [5, 5.41) is 7.27. The van der Waals surface area contributed by atoms with E-state index in [0.29, 0.717) is 18.1 Å². The van der Waals surface area contributed by atoms with Crippen molar-refractivity contribution in [2.45, 2.75) is 13.3 Å². The van der Waals surface area contributed by atoms with Gasteiger partial charge in [-0.2, -0.15) is 0 Å². The fraction of sp³-hybridized carbons (Fsp3) is 0.333. The van der Waals surface area contributed by atoms with E-state index in [1.807, 2.05) is 6.92 Å². The highest BCUT2D eigenvalue weighted by Gasteiger charge is 2.05. The van der Waals surface area contributed by atoms with Gasteiger partial charge in [0.2, 0.25) is 5.88 Å². The van der Waals surface area contributed by atoms with Crippen molar-refractivity contribution in [2.24, 2.45) is 5.73 Å². The molecular formula is C9H13N3O. The van der Waals surface area contributed by atoms with E-state index >= 15 is 0 Å². The van der Waals surface area contributed by atoms with Gasteiger partial charge in [0.1, 0.15) is 5.84 Å². The topological polar surface area (TPSA) is 72.0 Å². The average Bonchev–Trinajstić information content (AvgIpc) is 2.15. The highest BCUT2D eigenvalue weighted by atomic mass is 16.5. The maximum atomic E-state index is 7.27. The van der Waals surface area contributed by atoms with Crippen molar-refractivity contribution in [3.05, 3.63) is 23.9 Å². The lowest BCUT2D eigenvalue weighted by Crippen LogP contribution is -2.14. The molecule has 0 aromatic carbocycles. The number of ether oxygens (including phenoxy) is 1. The van der Waals surface area contributed by atoms with E-state index < -0.39 is 0 Å². The second-order valence-corrected chi connectivity index (χ2v) is 2.62. The molecule has 4 nitrogen and oxygen atoms in total. The van der Waals surface area contributed by atoms with Crippen LogP contribution in [0.4, 0.5) is 0 Å². The predicted molar refractivity (Wildman–Crippen MR) is 51.0 cm³/mol. The van der Waals surface area contributed by atoms with E-state index in [0.717, 1.165) is 6.42 Å². The largest absolute Gasteiger partial charge is 0.477 e. The highest BCUT2D eigenvalue weighted by Crippen LogP contribution is 2.13. The Hall–Kier alpha value is -1.58. The van der Waals surface area contributed by atoms with E-state index in [1.165, 1.54) is 0 Å². The summed E-state index contributed by atoms with van der Waals surface area (Å²) in [6.07, 6.45) is 2.53. The van der Waals surface area contributed by atoms with Gasteiger partial charge in [-0.05, 0) is 18.6 Å². The Morgan fingerprint density at radius 3 is 3.08 bits per heavy atom. The van der Waals surface area contributed by atoms with Crippen LogP contribution in [0.1, 0.15) is 18.9 Å². The van der Waals surface area contributed by atoms with E-state index in [2.05, 4.69) is 4.98 Å². The van der Waals surface area contributed by atoms with Crippen molar-refractivity contribution in [3.63, 3.8) is 0 Å². The Morgan fingerprint density at radius 1 is 1.69 bits per heavy atom. The smallest absolute Gasteiger partial charge is 0.224 e. The quantitative estimate of drug-likeness (QED) is 0.538. The molecule has 1 rings (SSSR count). The first kappa shape index (κ1) is 9.51. The molecule has 1 aromatic rings. The molecule has 0 fully saturated rings. The lowest BCUT2D eigenvalue weighted by molar-refractivity contribution is 0.304. The zero-order valence-corrected chi connectivity index (χ0v) is 7.58. The predicted octanol–water partition coefficient (Wildman–Crippen LogP) is 1.15. The first-order chi connectivity index (χ1) is 6.25. The minimum atomic E-state index is -0.0146. The van der Waals surface area contributed by atoms with E-state index in [4.69, 9.17) is 15.9 Å². The fourth-order valence-corrected chi connectivity index (χ4v) is 0.910. The number of hydrogen-bond donors (Lipinski definition) is 2. The van der Waals surface area contributed by atoms with Crippen LogP contribution in [-0.2, 0) is 0 Å². The number of hydrogen-bond acceptors (Lipinski definition) is 3. The third-order valence-corrected chi connectivity index (χ3v) is 1.50. The molecule has 1 heterocycles. The van der Waals surface area contributed by atoms with E-state index in [9.17, 15) is 0 Å². The molecule has 1 aromatic heterocycles. The van der Waals surface area contributed by atoms with Crippen molar-refractivity contribution in [1.82, 2.24) is 4.98 Å². The molecule has 70 valence electrons. The van der Waals surface area contributed by atoms with Crippen LogP contribution < -0.4 is 10.5 Å². The fourth-order valence-electron chi connectivity index (χ4n) is 0.910. The highest BCUT2D eigenvalue weighted by molar-refractivity contribution is 5.96. The number of nitrogens with two attached hydrogens (primary N) is 1. The van der Waals surface area contributed by atoms with Crippen molar-refractivity contribution in [3.8, 4) is 5.88 Å². The van der Waals surface area contributed by atoms with Gasteiger partial charge in [0, 0.05) is 6.20 Å². The van der Waals surface area contributed by atoms with Crippen LogP contribution in [0.15, 0.2) is 18.3 Å². The zero-order valence-electron chi connectivity index (χ0n) is 7.58. The van der Waals surface area contributed by atoms with Crippen LogP contribution in [0.5, 0.6) is 5.88 Å². The summed E-state index contributed by atoms with van der Waals surface area (Å²) in [5.41, 5.74) is 5.90.